The first-order valence-corrected chi connectivity index (χ1v) is 7.99. The summed E-state index contributed by atoms with van der Waals surface area (Å²) in [6, 6.07) is 4.17. The maximum atomic E-state index is 12.7. The Morgan fingerprint density at radius 1 is 1.45 bits per heavy atom. The van der Waals surface area contributed by atoms with Crippen molar-refractivity contribution in [2.45, 2.75) is 51.6 Å². The number of hydrogen-bond donors (Lipinski definition) is 1. The van der Waals surface area contributed by atoms with E-state index < -0.39 is 5.54 Å². The molecular weight excluding hydrogens is 272 g/mol. The van der Waals surface area contributed by atoms with Gasteiger partial charge in [-0.3, -0.25) is 9.59 Å². The van der Waals surface area contributed by atoms with E-state index >= 15 is 0 Å². The van der Waals surface area contributed by atoms with E-state index in [1.54, 1.807) is 25.2 Å². The van der Waals surface area contributed by atoms with Crippen LogP contribution in [0.25, 0.3) is 0 Å². The van der Waals surface area contributed by atoms with Gasteiger partial charge < -0.3 is 10.2 Å². The van der Waals surface area contributed by atoms with Crippen LogP contribution >= 0.6 is 11.3 Å². The summed E-state index contributed by atoms with van der Waals surface area (Å²) < 4.78 is 0. The van der Waals surface area contributed by atoms with Gasteiger partial charge in [0.2, 0.25) is 11.8 Å². The van der Waals surface area contributed by atoms with Gasteiger partial charge in [0.25, 0.3) is 0 Å². The molecule has 0 aliphatic carbocycles. The zero-order valence-corrected chi connectivity index (χ0v) is 13.1. The van der Waals surface area contributed by atoms with Gasteiger partial charge in [-0.2, -0.15) is 0 Å². The Labute approximate surface area is 124 Å². The predicted octanol–water partition coefficient (Wildman–Crippen LogP) is 2.72. The molecule has 1 saturated heterocycles. The van der Waals surface area contributed by atoms with Crippen molar-refractivity contribution in [2.24, 2.45) is 0 Å². The second-order valence-corrected chi connectivity index (χ2v) is 6.72. The molecule has 1 fully saturated rings. The van der Waals surface area contributed by atoms with Crippen LogP contribution in [0.15, 0.2) is 17.5 Å². The minimum atomic E-state index is -0.823. The van der Waals surface area contributed by atoms with Crippen molar-refractivity contribution in [3.63, 3.8) is 0 Å². The second kappa shape index (κ2) is 5.95. The summed E-state index contributed by atoms with van der Waals surface area (Å²) in [7, 11) is 0. The Bertz CT molecular complexity index is 482. The highest BCUT2D eigenvalue weighted by Gasteiger charge is 2.39. The van der Waals surface area contributed by atoms with Gasteiger partial charge in [-0.05, 0) is 31.7 Å². The number of amides is 2. The zero-order chi connectivity index (χ0) is 14.8. The quantitative estimate of drug-likeness (QED) is 0.928. The van der Waals surface area contributed by atoms with Gasteiger partial charge in [0, 0.05) is 17.8 Å². The predicted molar refractivity (Wildman–Crippen MR) is 80.5 cm³/mol. The molecule has 2 rings (SSSR count). The van der Waals surface area contributed by atoms with E-state index in [0.29, 0.717) is 13.0 Å². The van der Waals surface area contributed by atoms with Crippen LogP contribution in [0.5, 0.6) is 0 Å². The van der Waals surface area contributed by atoms with Gasteiger partial charge >= 0.3 is 0 Å². The molecule has 5 heteroatoms. The summed E-state index contributed by atoms with van der Waals surface area (Å²) in [5, 5.41) is 4.85. The maximum absolute atomic E-state index is 12.7. The van der Waals surface area contributed by atoms with Crippen LogP contribution in [-0.4, -0.2) is 28.8 Å². The van der Waals surface area contributed by atoms with Gasteiger partial charge in [0.1, 0.15) is 5.54 Å². The number of rotatable bonds is 4. The molecule has 0 bridgehead atoms. The molecule has 4 nitrogen and oxygen atoms in total. The Balaban J connectivity index is 2.31. The first kappa shape index (κ1) is 15.0. The van der Waals surface area contributed by atoms with Crippen LogP contribution < -0.4 is 5.32 Å². The molecule has 0 saturated carbocycles. The molecule has 110 valence electrons. The third-order valence-corrected chi connectivity index (χ3v) is 4.61. The molecule has 2 amide bonds. The molecule has 2 heterocycles. The highest BCUT2D eigenvalue weighted by atomic mass is 32.1. The Hall–Kier alpha value is -1.36. The molecular formula is C15H22N2O2S. The van der Waals surface area contributed by atoms with Crippen LogP contribution in [0.4, 0.5) is 0 Å². The van der Waals surface area contributed by atoms with Crippen LogP contribution in [0, 0.1) is 0 Å². The van der Waals surface area contributed by atoms with Gasteiger partial charge in [-0.25, -0.2) is 0 Å². The van der Waals surface area contributed by atoms with Crippen molar-refractivity contribution >= 4 is 23.2 Å². The third kappa shape index (κ3) is 3.03. The average Bonchev–Trinajstić information content (AvgIpc) is 2.87. The molecule has 0 spiro atoms. The zero-order valence-electron chi connectivity index (χ0n) is 12.3. The molecule has 20 heavy (non-hydrogen) atoms. The summed E-state index contributed by atoms with van der Waals surface area (Å²) in [4.78, 5) is 27.6. The third-order valence-electron chi connectivity index (χ3n) is 3.64. The van der Waals surface area contributed by atoms with E-state index in [1.165, 1.54) is 4.88 Å². The highest BCUT2D eigenvalue weighted by Crippen LogP contribution is 2.32. The van der Waals surface area contributed by atoms with E-state index in [-0.39, 0.29) is 17.9 Å². The van der Waals surface area contributed by atoms with Crippen molar-refractivity contribution in [3.8, 4) is 0 Å². The largest absolute Gasteiger partial charge is 0.342 e. The van der Waals surface area contributed by atoms with Crippen molar-refractivity contribution in [1.82, 2.24) is 10.2 Å². The fourth-order valence-corrected chi connectivity index (χ4v) is 3.52. The number of carbonyl (C=O) groups is 2. The van der Waals surface area contributed by atoms with E-state index in [4.69, 9.17) is 0 Å². The van der Waals surface area contributed by atoms with Crippen molar-refractivity contribution in [1.29, 1.82) is 0 Å². The van der Waals surface area contributed by atoms with Gasteiger partial charge in [0.15, 0.2) is 0 Å². The number of hydrogen-bond acceptors (Lipinski definition) is 3. The van der Waals surface area contributed by atoms with Crippen molar-refractivity contribution < 1.29 is 9.59 Å². The normalized spacial score (nSPS) is 20.4. The first-order chi connectivity index (χ1) is 9.45. The molecule has 1 aliphatic heterocycles. The summed E-state index contributed by atoms with van der Waals surface area (Å²) in [6.45, 7) is 6.18. The average molecular weight is 294 g/mol. The second-order valence-electron chi connectivity index (χ2n) is 5.74. The fourth-order valence-electron chi connectivity index (χ4n) is 2.65. The SMILES string of the molecule is CCCC(c1cccs1)N1CCC(=O)NC(C)(C)C1=O. The van der Waals surface area contributed by atoms with E-state index in [0.717, 1.165) is 12.8 Å². The molecule has 1 unspecified atom stereocenters. The minimum absolute atomic E-state index is 0.00944. The molecule has 1 aromatic heterocycles. The van der Waals surface area contributed by atoms with Crippen LogP contribution in [0.3, 0.4) is 0 Å². The topological polar surface area (TPSA) is 49.4 Å². The molecule has 1 aromatic rings. The molecule has 0 radical (unpaired) electrons. The molecule has 1 atom stereocenters. The van der Waals surface area contributed by atoms with E-state index in [9.17, 15) is 9.59 Å². The monoisotopic (exact) mass is 294 g/mol. The number of carbonyl (C=O) groups excluding carboxylic acids is 2. The summed E-state index contributed by atoms with van der Waals surface area (Å²) >= 11 is 1.68. The van der Waals surface area contributed by atoms with Crippen LogP contribution in [-0.2, 0) is 9.59 Å². The standard InChI is InChI=1S/C15H22N2O2S/c1-4-6-11(12-7-5-10-20-12)17-9-8-13(18)16-15(2,3)14(17)19/h5,7,10-11H,4,6,8-9H2,1-3H3,(H,16,18). The molecule has 0 aromatic carbocycles. The van der Waals surface area contributed by atoms with Crippen molar-refractivity contribution in [2.75, 3.05) is 6.54 Å². The van der Waals surface area contributed by atoms with Crippen LogP contribution in [0.1, 0.15) is 51.0 Å². The lowest BCUT2D eigenvalue weighted by atomic mass is 10.0. The minimum Gasteiger partial charge on any atom is -0.342 e. The van der Waals surface area contributed by atoms with Gasteiger partial charge in [-0.1, -0.05) is 19.4 Å². The van der Waals surface area contributed by atoms with E-state index in [1.807, 2.05) is 16.3 Å². The summed E-state index contributed by atoms with van der Waals surface area (Å²) in [5.41, 5.74) is -0.823. The lowest BCUT2D eigenvalue weighted by Crippen LogP contribution is -2.53. The maximum Gasteiger partial charge on any atom is 0.248 e. The van der Waals surface area contributed by atoms with E-state index in [2.05, 4.69) is 18.3 Å². The Morgan fingerprint density at radius 3 is 2.80 bits per heavy atom. The fraction of sp³-hybridized carbons (Fsp3) is 0.600. The first-order valence-electron chi connectivity index (χ1n) is 7.11. The number of thiophene rings is 1. The van der Waals surface area contributed by atoms with Gasteiger partial charge in [-0.15, -0.1) is 11.3 Å². The lowest BCUT2D eigenvalue weighted by Gasteiger charge is -2.34. The smallest absolute Gasteiger partial charge is 0.248 e. The summed E-state index contributed by atoms with van der Waals surface area (Å²) in [6.07, 6.45) is 2.31. The Morgan fingerprint density at radius 2 is 2.20 bits per heavy atom. The Kier molecular flexibility index (Phi) is 4.48. The summed E-state index contributed by atoms with van der Waals surface area (Å²) in [5.74, 6) is -0.0394. The van der Waals surface area contributed by atoms with Crippen LogP contribution in [0.2, 0.25) is 0 Å². The molecule has 1 N–H and O–H groups in total. The highest BCUT2D eigenvalue weighted by molar-refractivity contribution is 7.10. The van der Waals surface area contributed by atoms with Gasteiger partial charge in [0.05, 0.1) is 6.04 Å². The number of nitrogens with zero attached hydrogens (tertiary/aromatic N) is 1. The van der Waals surface area contributed by atoms with Crippen molar-refractivity contribution in [3.05, 3.63) is 22.4 Å². The molecule has 1 aliphatic rings. The number of nitrogens with one attached hydrogen (secondary N) is 1. The lowest BCUT2D eigenvalue weighted by molar-refractivity contribution is -0.139.